The molecular formula is C27H39N3O3. The zero-order valence-electron chi connectivity index (χ0n) is 20.5. The summed E-state index contributed by atoms with van der Waals surface area (Å²) >= 11 is 0. The maximum absolute atomic E-state index is 12.9. The van der Waals surface area contributed by atoms with Crippen molar-refractivity contribution >= 4 is 11.8 Å². The summed E-state index contributed by atoms with van der Waals surface area (Å²) in [6, 6.07) is 11.9. The van der Waals surface area contributed by atoms with Gasteiger partial charge in [0.15, 0.2) is 0 Å². The van der Waals surface area contributed by atoms with E-state index in [1.54, 1.807) is 11.9 Å². The Morgan fingerprint density at radius 1 is 1.27 bits per heavy atom. The van der Waals surface area contributed by atoms with Crippen LogP contribution in [0.25, 0.3) is 0 Å². The Bertz CT molecular complexity index is 867. The number of carbonyl (C=O) groups excluding carboxylic acids is 2. The van der Waals surface area contributed by atoms with Gasteiger partial charge in [-0.3, -0.25) is 9.59 Å². The highest BCUT2D eigenvalue weighted by Crippen LogP contribution is 2.55. The van der Waals surface area contributed by atoms with Crippen molar-refractivity contribution in [3.63, 3.8) is 0 Å². The number of carbonyl (C=O) groups is 2. The number of hydrogen-bond acceptors (Lipinski definition) is 4. The van der Waals surface area contributed by atoms with Crippen molar-refractivity contribution in [3.05, 3.63) is 35.9 Å². The smallest absolute Gasteiger partial charge is 0.225 e. The Morgan fingerprint density at radius 3 is 2.61 bits per heavy atom. The zero-order valence-corrected chi connectivity index (χ0v) is 20.5. The number of fused-ring (bicyclic) bond motifs is 1. The van der Waals surface area contributed by atoms with Gasteiger partial charge in [0.05, 0.1) is 25.0 Å². The maximum Gasteiger partial charge on any atom is 0.225 e. The molecule has 1 aromatic rings. The third kappa shape index (κ3) is 5.58. The topological polar surface area (TPSA) is 93.4 Å². The first-order valence-corrected chi connectivity index (χ1v) is 12.3. The molecule has 7 atom stereocenters. The van der Waals surface area contributed by atoms with Crippen LogP contribution >= 0.6 is 0 Å². The molecule has 1 aromatic carbocycles. The molecule has 0 heterocycles. The second-order valence-electron chi connectivity index (χ2n) is 10.6. The Labute approximate surface area is 198 Å². The minimum atomic E-state index is -0.587. The highest BCUT2D eigenvalue weighted by atomic mass is 16.3. The molecule has 2 N–H and O–H groups in total. The summed E-state index contributed by atoms with van der Waals surface area (Å²) in [5.41, 5.74) is 1.01. The first kappa shape index (κ1) is 25.2. The van der Waals surface area contributed by atoms with Gasteiger partial charge in [-0.15, -0.1) is 0 Å². The minimum absolute atomic E-state index is 0.00548. The van der Waals surface area contributed by atoms with Crippen molar-refractivity contribution < 1.29 is 14.7 Å². The standard InChI is InChI=1S/C27H39N3O3/c1-18(26(33)30(4)16-8-15-28)21-11-13-27(3)14-12-22(19(2)24(27)25(21)32)29-23(31)17-20-9-6-5-7-10-20/h5-7,9-10,18-19,21-22,24-25,32H,8,11-14,16-17H2,1-4H3,(H,29,31)/t18-,19-,21+,22-,24+,25-,27+/m0/s1. The largest absolute Gasteiger partial charge is 0.392 e. The van der Waals surface area contributed by atoms with Crippen LogP contribution in [0.3, 0.4) is 0 Å². The van der Waals surface area contributed by atoms with Crippen molar-refractivity contribution in [2.75, 3.05) is 13.6 Å². The number of aliphatic hydroxyl groups excluding tert-OH is 1. The summed E-state index contributed by atoms with van der Waals surface area (Å²) in [6.07, 6.45) is 3.76. The first-order valence-electron chi connectivity index (χ1n) is 12.3. The molecule has 2 saturated carbocycles. The molecule has 0 unspecified atom stereocenters. The highest BCUT2D eigenvalue weighted by molar-refractivity contribution is 5.79. The van der Waals surface area contributed by atoms with Crippen molar-refractivity contribution in [2.45, 2.75) is 71.4 Å². The van der Waals surface area contributed by atoms with Crippen LogP contribution in [-0.4, -0.2) is 47.6 Å². The summed E-state index contributed by atoms with van der Waals surface area (Å²) < 4.78 is 0. The molecule has 2 aliphatic carbocycles. The molecule has 3 rings (SSSR count). The summed E-state index contributed by atoms with van der Waals surface area (Å²) in [5, 5.41) is 23.6. The maximum atomic E-state index is 12.9. The van der Waals surface area contributed by atoms with E-state index in [9.17, 15) is 14.7 Å². The Kier molecular flexibility index (Phi) is 8.18. The first-order chi connectivity index (χ1) is 15.7. The summed E-state index contributed by atoms with van der Waals surface area (Å²) in [7, 11) is 1.73. The van der Waals surface area contributed by atoms with Gasteiger partial charge < -0.3 is 15.3 Å². The molecule has 0 aromatic heterocycles. The predicted molar refractivity (Wildman–Crippen MR) is 128 cm³/mol. The zero-order chi connectivity index (χ0) is 24.2. The molecule has 6 heteroatoms. The van der Waals surface area contributed by atoms with E-state index in [0.717, 1.165) is 31.2 Å². The molecule has 2 amide bonds. The molecule has 0 bridgehead atoms. The van der Waals surface area contributed by atoms with Crippen LogP contribution in [0.4, 0.5) is 0 Å². The molecule has 2 fully saturated rings. The normalized spacial score (nSPS) is 32.2. The van der Waals surface area contributed by atoms with Gasteiger partial charge in [0.2, 0.25) is 11.8 Å². The number of rotatable bonds is 7. The van der Waals surface area contributed by atoms with Crippen LogP contribution in [0.5, 0.6) is 0 Å². The van der Waals surface area contributed by atoms with E-state index in [1.807, 2.05) is 37.3 Å². The van der Waals surface area contributed by atoms with E-state index in [2.05, 4.69) is 25.2 Å². The van der Waals surface area contributed by atoms with E-state index in [0.29, 0.717) is 19.4 Å². The molecule has 0 radical (unpaired) electrons. The molecule has 6 nitrogen and oxygen atoms in total. The molecule has 0 aliphatic heterocycles. The molecule has 180 valence electrons. The van der Waals surface area contributed by atoms with Gasteiger partial charge in [-0.25, -0.2) is 0 Å². The van der Waals surface area contributed by atoms with Gasteiger partial charge in [-0.05, 0) is 54.4 Å². The monoisotopic (exact) mass is 453 g/mol. The second-order valence-corrected chi connectivity index (χ2v) is 10.6. The predicted octanol–water partition coefficient (Wildman–Crippen LogP) is 3.55. The van der Waals surface area contributed by atoms with Crippen LogP contribution < -0.4 is 5.32 Å². The summed E-state index contributed by atoms with van der Waals surface area (Å²) in [5.74, 6) is -0.235. The van der Waals surface area contributed by atoms with Crippen LogP contribution in [0.1, 0.15) is 58.4 Å². The molecular weight excluding hydrogens is 414 g/mol. The third-order valence-electron chi connectivity index (χ3n) is 8.41. The average molecular weight is 454 g/mol. The van der Waals surface area contributed by atoms with Crippen LogP contribution in [0.15, 0.2) is 30.3 Å². The lowest BCUT2D eigenvalue weighted by molar-refractivity contribution is -0.150. The van der Waals surface area contributed by atoms with Crippen LogP contribution in [-0.2, 0) is 16.0 Å². The number of amides is 2. The van der Waals surface area contributed by atoms with Crippen molar-refractivity contribution in [2.24, 2.45) is 29.1 Å². The van der Waals surface area contributed by atoms with Crippen molar-refractivity contribution in [3.8, 4) is 6.07 Å². The van der Waals surface area contributed by atoms with E-state index in [4.69, 9.17) is 5.26 Å². The van der Waals surface area contributed by atoms with Gasteiger partial charge in [0, 0.05) is 25.6 Å². The lowest BCUT2D eigenvalue weighted by Gasteiger charge is -2.56. The number of nitrogens with zero attached hydrogens (tertiary/aromatic N) is 2. The van der Waals surface area contributed by atoms with E-state index < -0.39 is 6.10 Å². The highest BCUT2D eigenvalue weighted by Gasteiger charge is 2.54. The lowest BCUT2D eigenvalue weighted by Crippen LogP contribution is -2.58. The van der Waals surface area contributed by atoms with Crippen molar-refractivity contribution in [1.82, 2.24) is 10.2 Å². The van der Waals surface area contributed by atoms with E-state index >= 15 is 0 Å². The van der Waals surface area contributed by atoms with Crippen LogP contribution in [0.2, 0.25) is 0 Å². The quantitative estimate of drug-likeness (QED) is 0.660. The van der Waals surface area contributed by atoms with Gasteiger partial charge >= 0.3 is 0 Å². The van der Waals surface area contributed by atoms with Crippen LogP contribution in [0, 0.1) is 40.4 Å². The molecule has 33 heavy (non-hydrogen) atoms. The fourth-order valence-electron chi connectivity index (χ4n) is 6.40. The fraction of sp³-hybridized carbons (Fsp3) is 0.667. The summed E-state index contributed by atoms with van der Waals surface area (Å²) in [4.78, 5) is 27.3. The van der Waals surface area contributed by atoms with E-state index in [1.165, 1.54) is 0 Å². The van der Waals surface area contributed by atoms with Gasteiger partial charge in [0.1, 0.15) is 0 Å². The SMILES string of the molecule is C[C@@H]1[C@@H]2[C@@H](O)[C@@H]([C@H](C)C(=O)N(C)CCC#N)CC[C@]2(C)CC[C@@H]1NC(=O)Cc1ccccc1. The molecule has 2 aliphatic rings. The minimum Gasteiger partial charge on any atom is -0.392 e. The second kappa shape index (κ2) is 10.7. The molecule has 0 saturated heterocycles. The van der Waals surface area contributed by atoms with Crippen molar-refractivity contribution in [1.29, 1.82) is 5.26 Å². The van der Waals surface area contributed by atoms with Gasteiger partial charge in [-0.1, -0.05) is 51.1 Å². The Balaban J connectivity index is 1.68. The molecule has 0 spiro atoms. The number of nitrogens with one attached hydrogen (secondary N) is 1. The lowest BCUT2D eigenvalue weighted by atomic mass is 9.51. The van der Waals surface area contributed by atoms with Gasteiger partial charge in [0.25, 0.3) is 0 Å². The third-order valence-corrected chi connectivity index (χ3v) is 8.41. The Hall–Kier alpha value is -2.39. The van der Waals surface area contributed by atoms with E-state index in [-0.39, 0.29) is 46.9 Å². The Morgan fingerprint density at radius 2 is 1.94 bits per heavy atom. The fourth-order valence-corrected chi connectivity index (χ4v) is 6.40. The summed E-state index contributed by atoms with van der Waals surface area (Å²) in [6.45, 7) is 6.73. The van der Waals surface area contributed by atoms with Gasteiger partial charge in [-0.2, -0.15) is 5.26 Å². The average Bonchev–Trinajstić information content (AvgIpc) is 2.79. The number of nitriles is 1. The number of aliphatic hydroxyl groups is 1. The number of hydrogen-bond donors (Lipinski definition) is 2. The number of benzene rings is 1.